The van der Waals surface area contributed by atoms with E-state index in [0.29, 0.717) is 16.7 Å². The van der Waals surface area contributed by atoms with Gasteiger partial charge in [0.2, 0.25) is 21.1 Å². The Morgan fingerprint density at radius 1 is 1.21 bits per heavy atom. The number of rotatable bonds is 8. The Morgan fingerprint density at radius 3 is 2.46 bits per heavy atom. The third-order valence-corrected chi connectivity index (χ3v) is 7.65. The van der Waals surface area contributed by atoms with Crippen LogP contribution in [0, 0.1) is 19.8 Å². The van der Waals surface area contributed by atoms with Gasteiger partial charge in [-0.25, -0.2) is 8.42 Å². The monoisotopic (exact) mass is 442 g/mol. The SMILES string of the molecule is Cc1ccc(N(C(C)C(=O)Nc2nnc(SCC(C)C)s2)S(C)(=O)=O)cc1C. The van der Waals surface area contributed by atoms with Crippen LogP contribution >= 0.6 is 23.1 Å². The lowest BCUT2D eigenvalue weighted by Crippen LogP contribution is -2.45. The standard InChI is InChI=1S/C18H26N4O3S3/c1-11(2)10-26-18-21-20-17(27-18)19-16(23)14(5)22(28(6,24)25)15-8-7-12(3)13(4)9-15/h7-9,11,14H,10H2,1-6H3,(H,19,20,23). The van der Waals surface area contributed by atoms with Crippen molar-refractivity contribution in [3.63, 3.8) is 0 Å². The summed E-state index contributed by atoms with van der Waals surface area (Å²) in [6.07, 6.45) is 1.09. The average Bonchev–Trinajstić information content (AvgIpc) is 3.02. The zero-order valence-corrected chi connectivity index (χ0v) is 19.3. The van der Waals surface area contributed by atoms with E-state index in [1.54, 1.807) is 30.8 Å². The fourth-order valence-electron chi connectivity index (χ4n) is 2.44. The van der Waals surface area contributed by atoms with Gasteiger partial charge in [0.05, 0.1) is 11.9 Å². The molecule has 0 fully saturated rings. The predicted molar refractivity (Wildman–Crippen MR) is 117 cm³/mol. The molecule has 0 aliphatic rings. The van der Waals surface area contributed by atoms with Gasteiger partial charge >= 0.3 is 0 Å². The van der Waals surface area contributed by atoms with Crippen molar-refractivity contribution in [1.29, 1.82) is 0 Å². The number of sulfonamides is 1. The van der Waals surface area contributed by atoms with E-state index in [4.69, 9.17) is 0 Å². The molecule has 154 valence electrons. The molecule has 1 unspecified atom stereocenters. The van der Waals surface area contributed by atoms with E-state index < -0.39 is 22.0 Å². The van der Waals surface area contributed by atoms with Gasteiger partial charge < -0.3 is 0 Å². The Kier molecular flexibility index (Phi) is 7.46. The lowest BCUT2D eigenvalue weighted by molar-refractivity contribution is -0.116. The lowest BCUT2D eigenvalue weighted by Gasteiger charge is -2.28. The Balaban J connectivity index is 2.19. The maximum absolute atomic E-state index is 12.7. The van der Waals surface area contributed by atoms with Gasteiger partial charge in [0.15, 0.2) is 4.34 Å². The molecule has 0 saturated heterocycles. The second-order valence-electron chi connectivity index (χ2n) is 7.07. The van der Waals surface area contributed by atoms with Gasteiger partial charge in [-0.1, -0.05) is 43.0 Å². The fourth-order valence-corrected chi connectivity index (χ4v) is 5.34. The first-order valence-electron chi connectivity index (χ1n) is 8.83. The number of amides is 1. The number of aryl methyl sites for hydroxylation is 2. The van der Waals surface area contributed by atoms with E-state index in [2.05, 4.69) is 29.4 Å². The Hall–Kier alpha value is -1.65. The highest BCUT2D eigenvalue weighted by Gasteiger charge is 2.30. The van der Waals surface area contributed by atoms with Gasteiger partial charge in [0, 0.05) is 5.75 Å². The zero-order chi connectivity index (χ0) is 21.1. The summed E-state index contributed by atoms with van der Waals surface area (Å²) in [6.45, 7) is 9.64. The van der Waals surface area contributed by atoms with Crippen LogP contribution in [-0.2, 0) is 14.8 Å². The van der Waals surface area contributed by atoms with Gasteiger partial charge in [-0.3, -0.25) is 14.4 Å². The first-order valence-corrected chi connectivity index (χ1v) is 12.5. The minimum absolute atomic E-state index is 0.358. The Bertz CT molecular complexity index is 941. The number of carbonyl (C=O) groups excluding carboxylic acids is 1. The maximum Gasteiger partial charge on any atom is 0.249 e. The highest BCUT2D eigenvalue weighted by molar-refractivity contribution is 8.01. The van der Waals surface area contributed by atoms with Gasteiger partial charge in [-0.05, 0) is 49.9 Å². The third-order valence-electron chi connectivity index (χ3n) is 4.01. The van der Waals surface area contributed by atoms with Gasteiger partial charge in [-0.2, -0.15) is 0 Å². The maximum atomic E-state index is 12.7. The molecule has 0 radical (unpaired) electrons. The predicted octanol–water partition coefficient (Wildman–Crippen LogP) is 3.70. The van der Waals surface area contributed by atoms with Crippen LogP contribution in [0.3, 0.4) is 0 Å². The number of nitrogens with zero attached hydrogens (tertiary/aromatic N) is 3. The van der Waals surface area contributed by atoms with Crippen LogP contribution in [0.1, 0.15) is 31.9 Å². The number of hydrogen-bond acceptors (Lipinski definition) is 7. The molecule has 1 amide bonds. The summed E-state index contributed by atoms with van der Waals surface area (Å²) in [5.41, 5.74) is 2.46. The van der Waals surface area contributed by atoms with Crippen LogP contribution in [0.2, 0.25) is 0 Å². The molecule has 0 aliphatic carbocycles. The molecule has 0 aliphatic heterocycles. The molecule has 1 aromatic heterocycles. The summed E-state index contributed by atoms with van der Waals surface area (Å²) in [7, 11) is -3.66. The number of aromatic nitrogens is 2. The van der Waals surface area contributed by atoms with Crippen LogP contribution in [0.5, 0.6) is 0 Å². The largest absolute Gasteiger partial charge is 0.299 e. The average molecular weight is 443 g/mol. The topological polar surface area (TPSA) is 92.3 Å². The number of thioether (sulfide) groups is 1. The molecule has 2 rings (SSSR count). The van der Waals surface area contributed by atoms with Crippen molar-refractivity contribution < 1.29 is 13.2 Å². The van der Waals surface area contributed by atoms with Crippen molar-refractivity contribution in [2.45, 2.75) is 45.0 Å². The minimum Gasteiger partial charge on any atom is -0.299 e. The lowest BCUT2D eigenvalue weighted by atomic mass is 10.1. The first-order chi connectivity index (χ1) is 13.0. The first kappa shape index (κ1) is 22.6. The van der Waals surface area contributed by atoms with Crippen molar-refractivity contribution in [2.24, 2.45) is 5.92 Å². The smallest absolute Gasteiger partial charge is 0.249 e. The summed E-state index contributed by atoms with van der Waals surface area (Å²) in [5.74, 6) is 0.974. The highest BCUT2D eigenvalue weighted by atomic mass is 32.2. The number of hydrogen-bond donors (Lipinski definition) is 1. The summed E-state index contributed by atoms with van der Waals surface area (Å²) >= 11 is 2.86. The van der Waals surface area contributed by atoms with E-state index in [9.17, 15) is 13.2 Å². The molecular formula is C18H26N4O3S3. The molecule has 7 nitrogen and oxygen atoms in total. The van der Waals surface area contributed by atoms with Crippen LogP contribution in [0.25, 0.3) is 0 Å². The fraction of sp³-hybridized carbons (Fsp3) is 0.500. The van der Waals surface area contributed by atoms with Crippen LogP contribution in [0.15, 0.2) is 22.5 Å². The molecule has 2 aromatic rings. The normalized spacial score (nSPS) is 12.8. The van der Waals surface area contributed by atoms with E-state index >= 15 is 0 Å². The summed E-state index contributed by atoms with van der Waals surface area (Å²) in [5, 5.41) is 11.1. The second kappa shape index (κ2) is 9.23. The number of carbonyl (C=O) groups is 1. The van der Waals surface area contributed by atoms with Crippen molar-refractivity contribution in [3.05, 3.63) is 29.3 Å². The zero-order valence-electron chi connectivity index (χ0n) is 16.9. The van der Waals surface area contributed by atoms with Gasteiger partial charge in [-0.15, -0.1) is 10.2 Å². The van der Waals surface area contributed by atoms with Crippen molar-refractivity contribution in [3.8, 4) is 0 Å². The molecule has 0 spiro atoms. The van der Waals surface area contributed by atoms with Gasteiger partial charge in [0.25, 0.3) is 0 Å². The van der Waals surface area contributed by atoms with Crippen molar-refractivity contribution in [1.82, 2.24) is 10.2 Å². The molecule has 28 heavy (non-hydrogen) atoms. The Morgan fingerprint density at radius 2 is 1.89 bits per heavy atom. The van der Waals surface area contributed by atoms with Crippen molar-refractivity contribution >= 4 is 49.8 Å². The molecule has 1 aromatic carbocycles. The molecule has 10 heteroatoms. The molecule has 0 saturated carbocycles. The Labute approximate surface area is 175 Å². The molecule has 1 atom stereocenters. The number of nitrogens with one attached hydrogen (secondary N) is 1. The number of anilines is 2. The second-order valence-corrected chi connectivity index (χ2v) is 11.2. The van der Waals surface area contributed by atoms with Crippen LogP contribution in [0.4, 0.5) is 10.8 Å². The quantitative estimate of drug-likeness (QED) is 0.495. The van der Waals surface area contributed by atoms with Crippen molar-refractivity contribution in [2.75, 3.05) is 21.6 Å². The summed E-state index contributed by atoms with van der Waals surface area (Å²) < 4.78 is 26.7. The third kappa shape index (κ3) is 5.92. The highest BCUT2D eigenvalue weighted by Crippen LogP contribution is 2.28. The van der Waals surface area contributed by atoms with E-state index in [1.807, 2.05) is 19.9 Å². The molecular weight excluding hydrogens is 416 g/mol. The number of benzene rings is 1. The molecule has 1 heterocycles. The minimum atomic E-state index is -3.66. The van der Waals surface area contributed by atoms with Crippen LogP contribution in [-0.4, -0.2) is 42.6 Å². The van der Waals surface area contributed by atoms with E-state index in [0.717, 1.165) is 31.8 Å². The van der Waals surface area contributed by atoms with Gasteiger partial charge in [0.1, 0.15) is 6.04 Å². The summed E-state index contributed by atoms with van der Waals surface area (Å²) in [6, 6.07) is 4.38. The summed E-state index contributed by atoms with van der Waals surface area (Å²) in [4.78, 5) is 12.7. The molecule has 0 bridgehead atoms. The van der Waals surface area contributed by atoms with E-state index in [-0.39, 0.29) is 0 Å². The van der Waals surface area contributed by atoms with E-state index in [1.165, 1.54) is 11.3 Å². The molecule has 1 N–H and O–H groups in total. The van der Waals surface area contributed by atoms with Crippen LogP contribution < -0.4 is 9.62 Å².